The molecule has 0 saturated heterocycles. The van der Waals surface area contributed by atoms with Gasteiger partial charge in [-0.05, 0) is 30.9 Å². The van der Waals surface area contributed by atoms with Crippen LogP contribution >= 0.6 is 0 Å². The largest absolute Gasteiger partial charge is 0.275 e. The minimum absolute atomic E-state index is 0.123. The van der Waals surface area contributed by atoms with Gasteiger partial charge in [-0.3, -0.25) is 14.6 Å². The Bertz CT molecular complexity index is 431. The van der Waals surface area contributed by atoms with Crippen LogP contribution in [-0.4, -0.2) is 30.1 Å². The van der Waals surface area contributed by atoms with Crippen molar-refractivity contribution in [2.45, 2.75) is 19.8 Å². The summed E-state index contributed by atoms with van der Waals surface area (Å²) in [7, 11) is 3.00. The number of hydrogen-bond donors (Lipinski definition) is 0. The summed E-state index contributed by atoms with van der Waals surface area (Å²) in [5.74, 6) is -0.684. The standard InChI is InChI=1S/C12H15FN2O2/c1-7-9-4-8(12(16)15(2)17-3)5-10(9)11(13)6-14-7/h6,8H,4-5H2,1-3H3. The van der Waals surface area contributed by atoms with Gasteiger partial charge in [0.1, 0.15) is 5.82 Å². The number of hydrogen-bond acceptors (Lipinski definition) is 3. The van der Waals surface area contributed by atoms with E-state index < -0.39 is 0 Å². The Labute approximate surface area is 99.4 Å². The Balaban J connectivity index is 2.25. The summed E-state index contributed by atoms with van der Waals surface area (Å²) in [6, 6.07) is 0. The fraction of sp³-hybridized carbons (Fsp3) is 0.500. The highest BCUT2D eigenvalue weighted by atomic mass is 19.1. The summed E-state index contributed by atoms with van der Waals surface area (Å²) < 4.78 is 13.6. The van der Waals surface area contributed by atoms with E-state index in [0.717, 1.165) is 11.3 Å². The Morgan fingerprint density at radius 2 is 2.18 bits per heavy atom. The molecule has 0 bridgehead atoms. The first-order valence-electron chi connectivity index (χ1n) is 5.49. The summed E-state index contributed by atoms with van der Waals surface area (Å²) in [4.78, 5) is 20.8. The maximum absolute atomic E-state index is 13.6. The number of aryl methyl sites for hydroxylation is 1. The van der Waals surface area contributed by atoms with E-state index in [1.807, 2.05) is 6.92 Å². The Kier molecular flexibility index (Phi) is 3.11. The van der Waals surface area contributed by atoms with E-state index in [2.05, 4.69) is 4.98 Å². The zero-order valence-corrected chi connectivity index (χ0v) is 10.2. The SMILES string of the molecule is CON(C)C(=O)C1Cc2c(F)cnc(C)c2C1. The summed E-state index contributed by atoms with van der Waals surface area (Å²) in [6.07, 6.45) is 2.19. The Hall–Kier alpha value is -1.49. The molecule has 1 aromatic rings. The van der Waals surface area contributed by atoms with Crippen molar-refractivity contribution >= 4 is 5.91 Å². The number of aromatic nitrogens is 1. The van der Waals surface area contributed by atoms with Gasteiger partial charge in [0.05, 0.1) is 13.3 Å². The fourth-order valence-corrected chi connectivity index (χ4v) is 2.25. The van der Waals surface area contributed by atoms with E-state index in [0.29, 0.717) is 18.4 Å². The molecule has 1 aliphatic carbocycles. The van der Waals surface area contributed by atoms with Gasteiger partial charge in [0.15, 0.2) is 0 Å². The molecule has 2 rings (SSSR count). The maximum atomic E-state index is 13.6. The van der Waals surface area contributed by atoms with Gasteiger partial charge in [0.25, 0.3) is 0 Å². The third-order valence-electron chi connectivity index (χ3n) is 3.30. The molecule has 0 aliphatic heterocycles. The first-order chi connectivity index (χ1) is 8.04. The van der Waals surface area contributed by atoms with Crippen LogP contribution in [0.2, 0.25) is 0 Å². The predicted octanol–water partition coefficient (Wildman–Crippen LogP) is 1.26. The minimum Gasteiger partial charge on any atom is -0.275 e. The normalized spacial score (nSPS) is 18.0. The zero-order chi connectivity index (χ0) is 12.6. The lowest BCUT2D eigenvalue weighted by Gasteiger charge is -2.17. The average Bonchev–Trinajstić information content (AvgIpc) is 2.78. The van der Waals surface area contributed by atoms with Crippen LogP contribution in [0, 0.1) is 18.7 Å². The first kappa shape index (κ1) is 12.0. The van der Waals surface area contributed by atoms with Gasteiger partial charge in [-0.2, -0.15) is 0 Å². The van der Waals surface area contributed by atoms with Crippen molar-refractivity contribution in [3.8, 4) is 0 Å². The van der Waals surface area contributed by atoms with Gasteiger partial charge in [-0.15, -0.1) is 0 Å². The Morgan fingerprint density at radius 1 is 1.53 bits per heavy atom. The molecule has 0 fully saturated rings. The van der Waals surface area contributed by atoms with Gasteiger partial charge in [0, 0.05) is 18.7 Å². The van der Waals surface area contributed by atoms with Crippen molar-refractivity contribution in [2.24, 2.45) is 5.92 Å². The second-order valence-corrected chi connectivity index (χ2v) is 4.27. The molecule has 0 aromatic carbocycles. The van der Waals surface area contributed by atoms with E-state index in [1.54, 1.807) is 7.05 Å². The quantitative estimate of drug-likeness (QED) is 0.728. The molecule has 0 saturated carbocycles. The third-order valence-corrected chi connectivity index (χ3v) is 3.30. The second kappa shape index (κ2) is 4.41. The second-order valence-electron chi connectivity index (χ2n) is 4.27. The van der Waals surface area contributed by atoms with Crippen molar-refractivity contribution in [1.82, 2.24) is 10.0 Å². The van der Waals surface area contributed by atoms with Gasteiger partial charge in [0.2, 0.25) is 5.91 Å². The number of pyridine rings is 1. The van der Waals surface area contributed by atoms with Gasteiger partial charge >= 0.3 is 0 Å². The van der Waals surface area contributed by atoms with Crippen LogP contribution in [0.3, 0.4) is 0 Å². The molecule has 4 nitrogen and oxygen atoms in total. The highest BCUT2D eigenvalue weighted by Crippen LogP contribution is 2.31. The van der Waals surface area contributed by atoms with Crippen molar-refractivity contribution in [2.75, 3.05) is 14.2 Å². The minimum atomic E-state index is -0.319. The van der Waals surface area contributed by atoms with Gasteiger partial charge in [-0.25, -0.2) is 9.45 Å². The van der Waals surface area contributed by atoms with Crippen LogP contribution in [-0.2, 0) is 22.5 Å². The Morgan fingerprint density at radius 3 is 2.76 bits per heavy atom. The smallest absolute Gasteiger partial charge is 0.249 e. The fourth-order valence-electron chi connectivity index (χ4n) is 2.25. The van der Waals surface area contributed by atoms with Crippen LogP contribution in [0.25, 0.3) is 0 Å². The van der Waals surface area contributed by atoms with Crippen LogP contribution in [0.5, 0.6) is 0 Å². The lowest BCUT2D eigenvalue weighted by atomic mass is 10.1. The lowest BCUT2D eigenvalue weighted by Crippen LogP contribution is -2.32. The molecule has 1 aromatic heterocycles. The molecular formula is C12H15FN2O2. The third kappa shape index (κ3) is 2.02. The van der Waals surface area contributed by atoms with Gasteiger partial charge < -0.3 is 0 Å². The summed E-state index contributed by atoms with van der Waals surface area (Å²) in [5, 5.41) is 1.19. The number of halogens is 1. The van der Waals surface area contributed by atoms with E-state index in [1.165, 1.54) is 18.4 Å². The summed E-state index contributed by atoms with van der Waals surface area (Å²) in [6.45, 7) is 1.84. The zero-order valence-electron chi connectivity index (χ0n) is 10.2. The summed E-state index contributed by atoms with van der Waals surface area (Å²) >= 11 is 0. The van der Waals surface area contributed by atoms with Crippen molar-refractivity contribution < 1.29 is 14.0 Å². The van der Waals surface area contributed by atoms with Crippen molar-refractivity contribution in [1.29, 1.82) is 0 Å². The van der Waals surface area contributed by atoms with E-state index in [-0.39, 0.29) is 17.6 Å². The number of hydroxylamine groups is 2. The lowest BCUT2D eigenvalue weighted by molar-refractivity contribution is -0.173. The van der Waals surface area contributed by atoms with E-state index in [4.69, 9.17) is 4.84 Å². The number of fused-ring (bicyclic) bond motifs is 1. The van der Waals surface area contributed by atoms with Gasteiger partial charge in [-0.1, -0.05) is 0 Å². The number of rotatable bonds is 2. The number of nitrogens with zero attached hydrogens (tertiary/aromatic N) is 2. The van der Waals surface area contributed by atoms with Crippen LogP contribution in [0.4, 0.5) is 4.39 Å². The van der Waals surface area contributed by atoms with Crippen LogP contribution in [0.15, 0.2) is 6.20 Å². The summed E-state index contributed by atoms with van der Waals surface area (Å²) in [5.41, 5.74) is 2.30. The molecule has 1 amide bonds. The van der Waals surface area contributed by atoms with Crippen LogP contribution in [0.1, 0.15) is 16.8 Å². The molecule has 0 N–H and O–H groups in total. The molecular weight excluding hydrogens is 223 g/mol. The molecule has 5 heteroatoms. The average molecular weight is 238 g/mol. The van der Waals surface area contributed by atoms with E-state index in [9.17, 15) is 9.18 Å². The van der Waals surface area contributed by atoms with Crippen LogP contribution < -0.4 is 0 Å². The molecule has 1 heterocycles. The molecule has 17 heavy (non-hydrogen) atoms. The molecule has 1 atom stereocenters. The van der Waals surface area contributed by atoms with Crippen molar-refractivity contribution in [3.05, 3.63) is 28.8 Å². The maximum Gasteiger partial charge on any atom is 0.249 e. The predicted molar refractivity (Wildman–Crippen MR) is 59.6 cm³/mol. The highest BCUT2D eigenvalue weighted by Gasteiger charge is 2.32. The number of carbonyl (C=O) groups excluding carboxylic acids is 1. The number of amides is 1. The molecule has 0 spiro atoms. The topological polar surface area (TPSA) is 42.4 Å². The number of carbonyl (C=O) groups is 1. The first-order valence-corrected chi connectivity index (χ1v) is 5.49. The van der Waals surface area contributed by atoms with E-state index >= 15 is 0 Å². The van der Waals surface area contributed by atoms with Crippen molar-refractivity contribution in [3.63, 3.8) is 0 Å². The molecule has 92 valence electrons. The monoisotopic (exact) mass is 238 g/mol. The molecule has 1 aliphatic rings. The molecule has 0 radical (unpaired) electrons. The highest BCUT2D eigenvalue weighted by molar-refractivity contribution is 5.79. The molecule has 1 unspecified atom stereocenters.